The number of rotatable bonds is 6. The van der Waals surface area contributed by atoms with Crippen molar-refractivity contribution in [2.75, 3.05) is 25.0 Å². The lowest BCUT2D eigenvalue weighted by atomic mass is 10.1. The van der Waals surface area contributed by atoms with Gasteiger partial charge in [0.15, 0.2) is 0 Å². The van der Waals surface area contributed by atoms with Crippen LogP contribution in [0.4, 0.5) is 5.69 Å². The van der Waals surface area contributed by atoms with Crippen LogP contribution in [0.5, 0.6) is 0 Å². The highest BCUT2D eigenvalue weighted by atomic mass is 35.5. The Morgan fingerprint density at radius 1 is 1.50 bits per heavy atom. The largest absolute Gasteiger partial charge is 0.364 e. The maximum atomic E-state index is 11.7. The van der Waals surface area contributed by atoms with Gasteiger partial charge in [0.05, 0.1) is 17.3 Å². The summed E-state index contributed by atoms with van der Waals surface area (Å²) in [6.07, 6.45) is 0.926. The fourth-order valence-corrected chi connectivity index (χ4v) is 2.11. The molecule has 3 N–H and O–H groups in total. The van der Waals surface area contributed by atoms with Crippen molar-refractivity contribution in [3.63, 3.8) is 0 Å². The molecule has 1 aromatic rings. The Morgan fingerprint density at radius 2 is 2.22 bits per heavy atom. The van der Waals surface area contributed by atoms with E-state index in [1.54, 1.807) is 6.07 Å². The van der Waals surface area contributed by atoms with E-state index in [2.05, 4.69) is 5.32 Å². The number of benzene rings is 1. The smallest absolute Gasteiger partial charge is 0.239 e. The molecule has 0 radical (unpaired) electrons. The number of anilines is 1. The highest BCUT2D eigenvalue weighted by Gasteiger charge is 2.13. The Kier molecular flexibility index (Phi) is 5.95. The first-order valence-electron chi connectivity index (χ1n) is 6.05. The Balaban J connectivity index is 2.77. The zero-order valence-corrected chi connectivity index (χ0v) is 11.6. The van der Waals surface area contributed by atoms with Gasteiger partial charge in [0, 0.05) is 20.1 Å². The molecule has 0 spiro atoms. The number of nitrogens with one attached hydrogen (secondary N) is 1. The first-order chi connectivity index (χ1) is 8.60. The van der Waals surface area contributed by atoms with E-state index < -0.39 is 0 Å². The second kappa shape index (κ2) is 7.24. The van der Waals surface area contributed by atoms with Crippen LogP contribution in [-0.4, -0.2) is 26.0 Å². The Morgan fingerprint density at radius 3 is 2.83 bits per heavy atom. The Hall–Kier alpha value is -1.26. The van der Waals surface area contributed by atoms with Gasteiger partial charge in [-0.2, -0.15) is 0 Å². The molecule has 0 aliphatic heterocycles. The van der Waals surface area contributed by atoms with Gasteiger partial charge in [0.2, 0.25) is 5.91 Å². The van der Waals surface area contributed by atoms with Crippen molar-refractivity contribution in [2.24, 2.45) is 5.73 Å². The molecule has 0 saturated heterocycles. The summed E-state index contributed by atoms with van der Waals surface area (Å²) in [4.78, 5) is 13.5. The number of nitrogens with zero attached hydrogens (tertiary/aromatic N) is 1. The Bertz CT molecular complexity index is 409. The topological polar surface area (TPSA) is 58.4 Å². The minimum absolute atomic E-state index is 0.0118. The molecule has 0 aromatic heterocycles. The third kappa shape index (κ3) is 3.89. The molecule has 1 amide bonds. The normalized spacial score (nSPS) is 10.2. The molecular formula is C13H20ClN3O. The summed E-state index contributed by atoms with van der Waals surface area (Å²) in [7, 11) is 1.84. The van der Waals surface area contributed by atoms with Crippen LogP contribution in [-0.2, 0) is 11.3 Å². The first-order valence-corrected chi connectivity index (χ1v) is 6.43. The van der Waals surface area contributed by atoms with E-state index in [0.717, 1.165) is 17.7 Å². The number of amides is 1. The molecule has 1 rings (SSSR count). The van der Waals surface area contributed by atoms with Crippen molar-refractivity contribution < 1.29 is 4.79 Å². The van der Waals surface area contributed by atoms with Crippen molar-refractivity contribution >= 4 is 23.2 Å². The number of carbonyl (C=O) groups is 1. The van der Waals surface area contributed by atoms with E-state index in [-0.39, 0.29) is 12.5 Å². The number of nitrogens with two attached hydrogens (primary N) is 1. The summed E-state index contributed by atoms with van der Waals surface area (Å²) in [6.45, 7) is 3.39. The summed E-state index contributed by atoms with van der Waals surface area (Å²) in [5.74, 6) is -0.0118. The average Bonchev–Trinajstić information content (AvgIpc) is 2.35. The minimum Gasteiger partial charge on any atom is -0.364 e. The molecular weight excluding hydrogens is 250 g/mol. The SMILES string of the molecule is CCCNC(=O)CN(C)c1c(Cl)cccc1CN. The van der Waals surface area contributed by atoms with Crippen LogP contribution in [0.25, 0.3) is 0 Å². The van der Waals surface area contributed by atoms with Gasteiger partial charge >= 0.3 is 0 Å². The third-order valence-electron chi connectivity index (χ3n) is 2.62. The lowest BCUT2D eigenvalue weighted by Crippen LogP contribution is -2.36. The summed E-state index contributed by atoms with van der Waals surface area (Å²) in [5, 5.41) is 3.45. The van der Waals surface area contributed by atoms with Gasteiger partial charge < -0.3 is 16.0 Å². The van der Waals surface area contributed by atoms with Crippen LogP contribution in [0, 0.1) is 0 Å². The number of halogens is 1. The zero-order valence-electron chi connectivity index (χ0n) is 10.9. The number of para-hydroxylation sites is 1. The summed E-state index contributed by atoms with van der Waals surface area (Å²) in [6, 6.07) is 5.58. The van der Waals surface area contributed by atoms with Gasteiger partial charge in [-0.15, -0.1) is 0 Å². The second-order valence-corrected chi connectivity index (χ2v) is 4.56. The van der Waals surface area contributed by atoms with Crippen molar-refractivity contribution in [3.05, 3.63) is 28.8 Å². The van der Waals surface area contributed by atoms with Gasteiger partial charge in [0.1, 0.15) is 0 Å². The first kappa shape index (κ1) is 14.8. The van der Waals surface area contributed by atoms with Crippen LogP contribution < -0.4 is 16.0 Å². The molecule has 0 atom stereocenters. The van der Waals surface area contributed by atoms with Crippen molar-refractivity contribution in [1.82, 2.24) is 5.32 Å². The molecule has 4 nitrogen and oxygen atoms in total. The fraction of sp³-hybridized carbons (Fsp3) is 0.462. The summed E-state index contributed by atoms with van der Waals surface area (Å²) in [5.41, 5.74) is 7.45. The van der Waals surface area contributed by atoms with Crippen molar-refractivity contribution in [3.8, 4) is 0 Å². The number of carbonyl (C=O) groups excluding carboxylic acids is 1. The molecule has 0 fully saturated rings. The van der Waals surface area contributed by atoms with Crippen LogP contribution in [0.3, 0.4) is 0 Å². The predicted octanol–water partition coefficient (Wildman–Crippen LogP) is 1.76. The molecule has 1 aromatic carbocycles. The quantitative estimate of drug-likeness (QED) is 0.827. The molecule has 0 heterocycles. The molecule has 0 aliphatic carbocycles. The molecule has 5 heteroatoms. The second-order valence-electron chi connectivity index (χ2n) is 4.16. The minimum atomic E-state index is -0.0118. The lowest BCUT2D eigenvalue weighted by Gasteiger charge is -2.22. The molecule has 0 saturated carbocycles. The van der Waals surface area contributed by atoms with E-state index in [1.165, 1.54) is 0 Å². The Labute approximate surface area is 113 Å². The lowest BCUT2D eigenvalue weighted by molar-refractivity contribution is -0.119. The van der Waals surface area contributed by atoms with Gasteiger partial charge in [-0.25, -0.2) is 0 Å². The predicted molar refractivity (Wildman–Crippen MR) is 75.9 cm³/mol. The number of likely N-dealkylation sites (N-methyl/N-ethyl adjacent to an activating group) is 1. The highest BCUT2D eigenvalue weighted by molar-refractivity contribution is 6.33. The van der Waals surface area contributed by atoms with E-state index >= 15 is 0 Å². The van der Waals surface area contributed by atoms with Gasteiger partial charge in [-0.1, -0.05) is 30.7 Å². The summed E-state index contributed by atoms with van der Waals surface area (Å²) < 4.78 is 0. The number of hydrogen-bond donors (Lipinski definition) is 2. The standard InChI is InChI=1S/C13H20ClN3O/c1-3-7-16-12(18)9-17(2)13-10(8-15)5-4-6-11(13)14/h4-6H,3,7-9,15H2,1-2H3,(H,16,18). The van der Waals surface area contributed by atoms with Gasteiger partial charge in [0.25, 0.3) is 0 Å². The summed E-state index contributed by atoms with van der Waals surface area (Å²) >= 11 is 6.16. The van der Waals surface area contributed by atoms with E-state index in [9.17, 15) is 4.79 Å². The molecule has 18 heavy (non-hydrogen) atoms. The van der Waals surface area contributed by atoms with Crippen LogP contribution >= 0.6 is 11.6 Å². The zero-order chi connectivity index (χ0) is 13.5. The molecule has 0 unspecified atom stereocenters. The average molecular weight is 270 g/mol. The maximum absolute atomic E-state index is 11.7. The maximum Gasteiger partial charge on any atom is 0.239 e. The van der Waals surface area contributed by atoms with Crippen molar-refractivity contribution in [2.45, 2.75) is 19.9 Å². The molecule has 0 bridgehead atoms. The van der Waals surface area contributed by atoms with Crippen molar-refractivity contribution in [1.29, 1.82) is 0 Å². The number of hydrogen-bond acceptors (Lipinski definition) is 3. The van der Waals surface area contributed by atoms with Gasteiger partial charge in [-0.3, -0.25) is 4.79 Å². The van der Waals surface area contributed by atoms with Gasteiger partial charge in [-0.05, 0) is 18.1 Å². The van der Waals surface area contributed by atoms with E-state index in [1.807, 2.05) is 31.0 Å². The molecule has 100 valence electrons. The third-order valence-corrected chi connectivity index (χ3v) is 2.93. The van der Waals surface area contributed by atoms with Crippen LogP contribution in [0.2, 0.25) is 5.02 Å². The van der Waals surface area contributed by atoms with Crippen LogP contribution in [0.15, 0.2) is 18.2 Å². The van der Waals surface area contributed by atoms with E-state index in [4.69, 9.17) is 17.3 Å². The van der Waals surface area contributed by atoms with Crippen LogP contribution in [0.1, 0.15) is 18.9 Å². The molecule has 0 aliphatic rings. The highest BCUT2D eigenvalue weighted by Crippen LogP contribution is 2.28. The van der Waals surface area contributed by atoms with E-state index in [0.29, 0.717) is 18.1 Å². The fourth-order valence-electron chi connectivity index (χ4n) is 1.77. The monoisotopic (exact) mass is 269 g/mol.